The summed E-state index contributed by atoms with van der Waals surface area (Å²) in [5.74, 6) is 0.911. The zero-order chi connectivity index (χ0) is 17.4. The number of rotatable bonds is 3. The molecule has 4 rings (SSSR count). The molecule has 3 heterocycles. The summed E-state index contributed by atoms with van der Waals surface area (Å²) >= 11 is 0. The number of benzene rings is 1. The van der Waals surface area contributed by atoms with E-state index in [1.54, 1.807) is 13.4 Å². The number of amides is 1. The maximum Gasteiger partial charge on any atom is 0.270 e. The maximum atomic E-state index is 12.8. The molecule has 25 heavy (non-hydrogen) atoms. The molecule has 1 aliphatic rings. The Morgan fingerprint density at radius 2 is 1.80 bits per heavy atom. The molecule has 0 N–H and O–H groups in total. The summed E-state index contributed by atoms with van der Waals surface area (Å²) in [6.45, 7) is 3.05. The topological polar surface area (TPSA) is 50.9 Å². The zero-order valence-corrected chi connectivity index (χ0v) is 14.4. The Hall–Kier alpha value is -2.89. The van der Waals surface area contributed by atoms with Crippen LogP contribution in [0.25, 0.3) is 11.1 Å². The lowest BCUT2D eigenvalue weighted by molar-refractivity contribution is 0.0737. The van der Waals surface area contributed by atoms with Gasteiger partial charge in [0.1, 0.15) is 11.4 Å². The average Bonchev–Trinajstić information content (AvgIpc) is 3.24. The average molecular weight is 339 g/mol. The fraction of sp³-hybridized carbons (Fsp3) is 0.316. The molecule has 130 valence electrons. The van der Waals surface area contributed by atoms with E-state index < -0.39 is 0 Å². The number of fused-ring (bicyclic) bond motifs is 1. The molecular weight excluding hydrogens is 318 g/mol. The monoisotopic (exact) mass is 339 g/mol. The number of aromatic nitrogens is 1. The Morgan fingerprint density at radius 1 is 1.08 bits per heavy atom. The molecule has 0 spiro atoms. The molecule has 3 aromatic rings. The predicted octanol–water partition coefficient (Wildman–Crippen LogP) is 2.74. The minimum absolute atomic E-state index is 0.0586. The van der Waals surface area contributed by atoms with Crippen LogP contribution in [0.5, 0.6) is 5.75 Å². The molecule has 1 saturated heterocycles. The number of methoxy groups -OCH3 is 1. The lowest BCUT2D eigenvalue weighted by Gasteiger charge is -2.36. The fourth-order valence-electron chi connectivity index (χ4n) is 3.38. The van der Waals surface area contributed by atoms with Crippen molar-refractivity contribution in [2.24, 2.45) is 7.05 Å². The van der Waals surface area contributed by atoms with Gasteiger partial charge in [0, 0.05) is 51.0 Å². The van der Waals surface area contributed by atoms with Gasteiger partial charge in [-0.15, -0.1) is 0 Å². The molecule has 0 saturated carbocycles. The molecule has 0 radical (unpaired) electrons. The summed E-state index contributed by atoms with van der Waals surface area (Å²) in [5.41, 5.74) is 3.53. The summed E-state index contributed by atoms with van der Waals surface area (Å²) in [7, 11) is 3.57. The normalized spacial score (nSPS) is 15.0. The summed E-state index contributed by atoms with van der Waals surface area (Å²) in [5, 5.41) is 0. The third-order valence-electron chi connectivity index (χ3n) is 4.89. The first-order chi connectivity index (χ1) is 12.2. The molecule has 0 atom stereocenters. The van der Waals surface area contributed by atoms with Crippen molar-refractivity contribution >= 4 is 22.7 Å². The van der Waals surface area contributed by atoms with Gasteiger partial charge >= 0.3 is 0 Å². The number of hydrogen-bond acceptors (Lipinski definition) is 4. The van der Waals surface area contributed by atoms with Crippen LogP contribution in [0.2, 0.25) is 0 Å². The highest BCUT2D eigenvalue weighted by molar-refractivity contribution is 5.97. The Bertz CT molecular complexity index is 886. The fourth-order valence-corrected chi connectivity index (χ4v) is 3.38. The molecule has 2 aromatic heterocycles. The van der Waals surface area contributed by atoms with E-state index in [1.165, 1.54) is 0 Å². The Balaban J connectivity index is 1.44. The molecule has 1 aliphatic heterocycles. The second-order valence-corrected chi connectivity index (χ2v) is 6.24. The van der Waals surface area contributed by atoms with Gasteiger partial charge in [-0.05, 0) is 24.3 Å². The van der Waals surface area contributed by atoms with Crippen LogP contribution in [-0.4, -0.2) is 48.7 Å². The van der Waals surface area contributed by atoms with Gasteiger partial charge in [-0.2, -0.15) is 0 Å². The number of carbonyl (C=O) groups excluding carboxylic acids is 1. The first kappa shape index (κ1) is 15.6. The SMILES string of the molecule is COc1ccc(N2CCN(C(=O)c3cc4occc4n3C)CC2)cc1. The van der Waals surface area contributed by atoms with Crippen LogP contribution in [0.4, 0.5) is 5.69 Å². The van der Waals surface area contributed by atoms with Crippen LogP contribution < -0.4 is 9.64 Å². The highest BCUT2D eigenvalue weighted by atomic mass is 16.5. The van der Waals surface area contributed by atoms with Gasteiger partial charge in [0.05, 0.1) is 18.9 Å². The molecule has 0 aliphatic carbocycles. The molecular formula is C19H21N3O3. The van der Waals surface area contributed by atoms with E-state index in [9.17, 15) is 4.79 Å². The summed E-state index contributed by atoms with van der Waals surface area (Å²) < 4.78 is 12.5. The van der Waals surface area contributed by atoms with Crippen LogP contribution in [0.15, 0.2) is 47.1 Å². The second-order valence-electron chi connectivity index (χ2n) is 6.24. The molecule has 1 aromatic carbocycles. The van der Waals surface area contributed by atoms with Crippen molar-refractivity contribution in [2.45, 2.75) is 0 Å². The van der Waals surface area contributed by atoms with E-state index in [0.717, 1.165) is 35.6 Å². The molecule has 0 bridgehead atoms. The number of piperazine rings is 1. The third kappa shape index (κ3) is 2.73. The van der Waals surface area contributed by atoms with E-state index in [0.29, 0.717) is 18.8 Å². The minimum atomic E-state index is 0.0586. The summed E-state index contributed by atoms with van der Waals surface area (Å²) in [6, 6.07) is 11.8. The van der Waals surface area contributed by atoms with E-state index in [4.69, 9.17) is 9.15 Å². The number of aryl methyl sites for hydroxylation is 1. The van der Waals surface area contributed by atoms with Crippen LogP contribution in [0.3, 0.4) is 0 Å². The first-order valence-electron chi connectivity index (χ1n) is 8.38. The number of anilines is 1. The summed E-state index contributed by atoms with van der Waals surface area (Å²) in [6.07, 6.45) is 1.65. The van der Waals surface area contributed by atoms with E-state index in [-0.39, 0.29) is 5.91 Å². The van der Waals surface area contributed by atoms with E-state index in [1.807, 2.05) is 40.8 Å². The molecule has 1 fully saturated rings. The van der Waals surface area contributed by atoms with Crippen molar-refractivity contribution in [3.05, 3.63) is 48.4 Å². The van der Waals surface area contributed by atoms with Gasteiger partial charge in [0.25, 0.3) is 5.91 Å². The van der Waals surface area contributed by atoms with Crippen molar-refractivity contribution in [3.63, 3.8) is 0 Å². The van der Waals surface area contributed by atoms with Gasteiger partial charge < -0.3 is 23.5 Å². The van der Waals surface area contributed by atoms with Crippen LogP contribution >= 0.6 is 0 Å². The predicted molar refractivity (Wildman–Crippen MR) is 96.3 cm³/mol. The smallest absolute Gasteiger partial charge is 0.270 e. The Kier molecular flexibility index (Phi) is 3.87. The van der Waals surface area contributed by atoms with Crippen LogP contribution in [0.1, 0.15) is 10.5 Å². The molecule has 6 nitrogen and oxygen atoms in total. The highest BCUT2D eigenvalue weighted by Gasteiger charge is 2.25. The van der Waals surface area contributed by atoms with E-state index in [2.05, 4.69) is 17.0 Å². The van der Waals surface area contributed by atoms with Gasteiger partial charge in [-0.3, -0.25) is 4.79 Å². The van der Waals surface area contributed by atoms with Gasteiger partial charge in [-0.25, -0.2) is 0 Å². The van der Waals surface area contributed by atoms with Crippen LogP contribution in [-0.2, 0) is 7.05 Å². The Labute approximate surface area is 146 Å². The molecule has 6 heteroatoms. The van der Waals surface area contributed by atoms with Gasteiger partial charge in [0.15, 0.2) is 5.58 Å². The quantitative estimate of drug-likeness (QED) is 0.736. The standard InChI is InChI=1S/C19H21N3O3/c1-20-16-7-12-25-18(16)13-17(20)19(23)22-10-8-21(9-11-22)14-3-5-15(24-2)6-4-14/h3-7,12-13H,8-11H2,1-2H3. The number of furan rings is 1. The van der Waals surface area contributed by atoms with Crippen LogP contribution in [0, 0.1) is 0 Å². The number of hydrogen-bond donors (Lipinski definition) is 0. The largest absolute Gasteiger partial charge is 0.497 e. The first-order valence-corrected chi connectivity index (χ1v) is 8.38. The van der Waals surface area contributed by atoms with Crippen molar-refractivity contribution in [1.29, 1.82) is 0 Å². The molecule has 0 unspecified atom stereocenters. The maximum absolute atomic E-state index is 12.8. The van der Waals surface area contributed by atoms with Crippen molar-refractivity contribution in [2.75, 3.05) is 38.2 Å². The number of ether oxygens (including phenoxy) is 1. The lowest BCUT2D eigenvalue weighted by Crippen LogP contribution is -2.49. The highest BCUT2D eigenvalue weighted by Crippen LogP contribution is 2.23. The van der Waals surface area contributed by atoms with Crippen molar-refractivity contribution in [1.82, 2.24) is 9.47 Å². The Morgan fingerprint density at radius 3 is 2.44 bits per heavy atom. The van der Waals surface area contributed by atoms with Gasteiger partial charge in [0.2, 0.25) is 0 Å². The lowest BCUT2D eigenvalue weighted by atomic mass is 10.2. The van der Waals surface area contributed by atoms with Crippen molar-refractivity contribution in [3.8, 4) is 5.75 Å². The second kappa shape index (κ2) is 6.20. The van der Waals surface area contributed by atoms with E-state index >= 15 is 0 Å². The van der Waals surface area contributed by atoms with Crippen molar-refractivity contribution < 1.29 is 13.9 Å². The minimum Gasteiger partial charge on any atom is -0.497 e. The number of carbonyl (C=O) groups is 1. The third-order valence-corrected chi connectivity index (χ3v) is 4.89. The van der Waals surface area contributed by atoms with Gasteiger partial charge in [-0.1, -0.05) is 0 Å². The molecule has 1 amide bonds. The number of nitrogens with zero attached hydrogens (tertiary/aromatic N) is 3. The summed E-state index contributed by atoms with van der Waals surface area (Å²) in [4.78, 5) is 17.0. The zero-order valence-electron chi connectivity index (χ0n) is 14.4.